The van der Waals surface area contributed by atoms with Crippen LogP contribution in [0.25, 0.3) is 0 Å². The first-order valence-electron chi connectivity index (χ1n) is 7.67. The van der Waals surface area contributed by atoms with Gasteiger partial charge in [-0.25, -0.2) is 8.78 Å². The predicted octanol–water partition coefficient (Wildman–Crippen LogP) is 1.76. The summed E-state index contributed by atoms with van der Waals surface area (Å²) in [5.41, 5.74) is 4.39. The van der Waals surface area contributed by atoms with Crippen molar-refractivity contribution < 1.29 is 27.6 Å². The zero-order valence-electron chi connectivity index (χ0n) is 14.1. The van der Waals surface area contributed by atoms with Crippen molar-refractivity contribution >= 4 is 17.7 Å². The van der Waals surface area contributed by atoms with E-state index in [1.807, 2.05) is 0 Å². The third kappa shape index (κ3) is 4.88. The molecule has 1 aromatic heterocycles. The highest BCUT2D eigenvalue weighted by molar-refractivity contribution is 5.96. The molecule has 9 heteroatoms. The molecule has 0 aliphatic rings. The molecule has 138 valence electrons. The van der Waals surface area contributed by atoms with Gasteiger partial charge in [0.15, 0.2) is 0 Å². The molecular weight excluding hydrogens is 348 g/mol. The first kappa shape index (κ1) is 19.1. The van der Waals surface area contributed by atoms with Crippen molar-refractivity contribution in [1.29, 1.82) is 0 Å². The third-order valence-corrected chi connectivity index (χ3v) is 3.41. The predicted molar refractivity (Wildman–Crippen MR) is 87.1 cm³/mol. The maximum Gasteiger partial charge on any atom is 0.273 e. The van der Waals surface area contributed by atoms with Crippen molar-refractivity contribution in [2.24, 2.45) is 0 Å². The molecule has 26 heavy (non-hydrogen) atoms. The number of hydrazine groups is 1. The van der Waals surface area contributed by atoms with Gasteiger partial charge < -0.3 is 9.73 Å². The monoisotopic (exact) mass is 365 g/mol. The number of carbonyl (C=O) groups is 3. The Hall–Kier alpha value is -3.23. The minimum absolute atomic E-state index is 0.0960. The smallest absolute Gasteiger partial charge is 0.273 e. The Bertz CT molecular complexity index is 849. The van der Waals surface area contributed by atoms with Crippen molar-refractivity contribution in [3.8, 4) is 0 Å². The van der Waals surface area contributed by atoms with E-state index in [4.69, 9.17) is 4.42 Å². The molecule has 2 aromatic rings. The summed E-state index contributed by atoms with van der Waals surface area (Å²) in [5, 5.41) is 2.33. The lowest BCUT2D eigenvalue weighted by Gasteiger charge is -2.08. The van der Waals surface area contributed by atoms with Crippen LogP contribution in [0.2, 0.25) is 0 Å². The highest BCUT2D eigenvalue weighted by atomic mass is 19.1. The Morgan fingerprint density at radius 3 is 2.35 bits per heavy atom. The summed E-state index contributed by atoms with van der Waals surface area (Å²) in [6.07, 6.45) is -0.155. The van der Waals surface area contributed by atoms with Gasteiger partial charge in [-0.3, -0.25) is 25.2 Å². The molecule has 0 saturated carbocycles. The standard InChI is InChI=1S/C17H17F2N3O4/c1-9-7-13(10(2)26-9)17(25)22-21-15(23)5-6-20-16(24)12-4-3-11(18)8-14(12)19/h3-4,7-8H,5-6H2,1-2H3,(H,20,24)(H,21,23)(H,22,25). The van der Waals surface area contributed by atoms with Gasteiger partial charge in [0.2, 0.25) is 5.91 Å². The van der Waals surface area contributed by atoms with Gasteiger partial charge in [-0.05, 0) is 32.0 Å². The van der Waals surface area contributed by atoms with Crippen LogP contribution in [0.5, 0.6) is 0 Å². The van der Waals surface area contributed by atoms with Crippen LogP contribution in [-0.4, -0.2) is 24.3 Å². The number of aryl methyl sites for hydroxylation is 2. The minimum Gasteiger partial charge on any atom is -0.466 e. The maximum absolute atomic E-state index is 13.5. The SMILES string of the molecule is Cc1cc(C(=O)NNC(=O)CCNC(=O)c2ccc(F)cc2F)c(C)o1. The van der Waals surface area contributed by atoms with Crippen molar-refractivity contribution in [1.82, 2.24) is 16.2 Å². The molecule has 7 nitrogen and oxygen atoms in total. The van der Waals surface area contributed by atoms with E-state index in [1.165, 1.54) is 6.07 Å². The second-order valence-corrected chi connectivity index (χ2v) is 5.46. The number of hydrogen-bond acceptors (Lipinski definition) is 4. The molecule has 0 radical (unpaired) electrons. The lowest BCUT2D eigenvalue weighted by atomic mass is 10.2. The Morgan fingerprint density at radius 1 is 1.00 bits per heavy atom. The van der Waals surface area contributed by atoms with Gasteiger partial charge in [0, 0.05) is 19.0 Å². The van der Waals surface area contributed by atoms with E-state index in [0.29, 0.717) is 23.2 Å². The second-order valence-electron chi connectivity index (χ2n) is 5.46. The van der Waals surface area contributed by atoms with Gasteiger partial charge in [-0.15, -0.1) is 0 Å². The van der Waals surface area contributed by atoms with Gasteiger partial charge in [-0.2, -0.15) is 0 Å². The normalized spacial score (nSPS) is 10.3. The first-order valence-corrected chi connectivity index (χ1v) is 7.67. The fourth-order valence-electron chi connectivity index (χ4n) is 2.17. The molecule has 0 spiro atoms. The number of benzene rings is 1. The lowest BCUT2D eigenvalue weighted by Crippen LogP contribution is -2.42. The molecular formula is C17H17F2N3O4. The molecule has 0 saturated heterocycles. The van der Waals surface area contributed by atoms with E-state index >= 15 is 0 Å². The van der Waals surface area contributed by atoms with Crippen molar-refractivity contribution in [2.45, 2.75) is 20.3 Å². The second kappa shape index (κ2) is 8.24. The molecule has 3 N–H and O–H groups in total. The summed E-state index contributed by atoms with van der Waals surface area (Å²) in [7, 11) is 0. The molecule has 0 aliphatic carbocycles. The number of halogens is 2. The summed E-state index contributed by atoms with van der Waals surface area (Å²) in [6, 6.07) is 4.10. The van der Waals surface area contributed by atoms with Crippen molar-refractivity contribution in [2.75, 3.05) is 6.54 Å². The number of furan rings is 1. The molecule has 3 amide bonds. The van der Waals surface area contributed by atoms with Gasteiger partial charge >= 0.3 is 0 Å². The molecule has 0 aliphatic heterocycles. The zero-order chi connectivity index (χ0) is 19.3. The van der Waals surface area contributed by atoms with Gasteiger partial charge in [0.1, 0.15) is 23.2 Å². The largest absolute Gasteiger partial charge is 0.466 e. The minimum atomic E-state index is -0.995. The van der Waals surface area contributed by atoms with Gasteiger partial charge in [0.25, 0.3) is 11.8 Å². The van der Waals surface area contributed by atoms with E-state index in [9.17, 15) is 23.2 Å². The van der Waals surface area contributed by atoms with Crippen LogP contribution in [-0.2, 0) is 4.79 Å². The molecule has 0 fully saturated rings. The van der Waals surface area contributed by atoms with Crippen LogP contribution >= 0.6 is 0 Å². The van der Waals surface area contributed by atoms with Crippen LogP contribution in [0, 0.1) is 25.5 Å². The molecule has 0 bridgehead atoms. The summed E-state index contributed by atoms with van der Waals surface area (Å²) < 4.78 is 31.5. The Morgan fingerprint density at radius 2 is 1.73 bits per heavy atom. The average Bonchev–Trinajstić information content (AvgIpc) is 2.91. The van der Waals surface area contributed by atoms with Crippen molar-refractivity contribution in [3.63, 3.8) is 0 Å². The summed E-state index contributed by atoms with van der Waals surface area (Å²) >= 11 is 0. The number of amides is 3. The van der Waals surface area contributed by atoms with E-state index in [2.05, 4.69) is 16.2 Å². The fourth-order valence-corrected chi connectivity index (χ4v) is 2.17. The van der Waals surface area contributed by atoms with Crippen LogP contribution in [0.4, 0.5) is 8.78 Å². The van der Waals surface area contributed by atoms with Crippen LogP contribution in [0.1, 0.15) is 38.7 Å². The Balaban J connectivity index is 1.76. The Labute approximate surface area is 147 Å². The topological polar surface area (TPSA) is 100 Å². The quantitative estimate of drug-likeness (QED) is 0.703. The third-order valence-electron chi connectivity index (χ3n) is 3.41. The molecule has 1 heterocycles. The van der Waals surface area contributed by atoms with Crippen LogP contribution in [0.15, 0.2) is 28.7 Å². The fraction of sp³-hybridized carbons (Fsp3) is 0.235. The number of hydrogen-bond donors (Lipinski definition) is 3. The van der Waals surface area contributed by atoms with Crippen LogP contribution in [0.3, 0.4) is 0 Å². The summed E-state index contributed by atoms with van der Waals surface area (Å²) in [6.45, 7) is 3.21. The highest BCUT2D eigenvalue weighted by Gasteiger charge is 2.15. The van der Waals surface area contributed by atoms with Crippen LogP contribution < -0.4 is 16.2 Å². The molecule has 1 aromatic carbocycles. The van der Waals surface area contributed by atoms with E-state index in [-0.39, 0.29) is 18.5 Å². The summed E-state index contributed by atoms with van der Waals surface area (Å²) in [4.78, 5) is 35.3. The van der Waals surface area contributed by atoms with E-state index in [0.717, 1.165) is 12.1 Å². The van der Waals surface area contributed by atoms with E-state index in [1.54, 1.807) is 13.8 Å². The maximum atomic E-state index is 13.5. The van der Waals surface area contributed by atoms with Gasteiger partial charge in [-0.1, -0.05) is 0 Å². The molecule has 0 atom stereocenters. The highest BCUT2D eigenvalue weighted by Crippen LogP contribution is 2.13. The first-order chi connectivity index (χ1) is 12.3. The lowest BCUT2D eigenvalue weighted by molar-refractivity contribution is -0.121. The van der Waals surface area contributed by atoms with E-state index < -0.39 is 29.4 Å². The van der Waals surface area contributed by atoms with Gasteiger partial charge in [0.05, 0.1) is 11.1 Å². The summed E-state index contributed by atoms with van der Waals surface area (Å²) in [5.74, 6) is -2.68. The molecule has 0 unspecified atom stereocenters. The zero-order valence-corrected chi connectivity index (χ0v) is 14.1. The average molecular weight is 365 g/mol. The number of carbonyl (C=O) groups excluding carboxylic acids is 3. The Kier molecular flexibility index (Phi) is 6.05. The molecule has 2 rings (SSSR count). The number of rotatable bonds is 5. The number of nitrogens with one attached hydrogen (secondary N) is 3. The van der Waals surface area contributed by atoms with Crippen molar-refractivity contribution in [3.05, 3.63) is 58.5 Å².